The molecule has 1 aliphatic rings. The highest BCUT2D eigenvalue weighted by molar-refractivity contribution is 6.30. The van der Waals surface area contributed by atoms with Gasteiger partial charge in [0.1, 0.15) is 5.69 Å². The maximum absolute atomic E-state index is 12.6. The van der Waals surface area contributed by atoms with Crippen molar-refractivity contribution in [1.29, 1.82) is 0 Å². The Bertz CT molecular complexity index is 1020. The van der Waals surface area contributed by atoms with Crippen LogP contribution in [0, 0.1) is 0 Å². The highest BCUT2D eigenvalue weighted by Crippen LogP contribution is 2.26. The summed E-state index contributed by atoms with van der Waals surface area (Å²) in [5.41, 5.74) is 2.12. The Morgan fingerprint density at radius 3 is 2.62 bits per heavy atom. The van der Waals surface area contributed by atoms with Gasteiger partial charge in [0, 0.05) is 56.4 Å². The zero-order valence-corrected chi connectivity index (χ0v) is 16.5. The number of amides is 1. The van der Waals surface area contributed by atoms with Crippen molar-refractivity contribution in [2.75, 3.05) is 26.2 Å². The van der Waals surface area contributed by atoms with Gasteiger partial charge in [-0.25, -0.2) is 4.79 Å². The first-order chi connectivity index (χ1) is 14.0. The molecule has 0 bridgehead atoms. The molecule has 0 saturated carbocycles. The van der Waals surface area contributed by atoms with Crippen LogP contribution in [0.25, 0.3) is 11.5 Å². The molecular formula is C19H19ClN6O3. The highest BCUT2D eigenvalue weighted by atomic mass is 35.5. The number of carbonyl (C=O) groups is 2. The van der Waals surface area contributed by atoms with Crippen molar-refractivity contribution in [3.63, 3.8) is 0 Å². The third-order valence-electron chi connectivity index (χ3n) is 4.84. The van der Waals surface area contributed by atoms with E-state index in [0.29, 0.717) is 43.6 Å². The van der Waals surface area contributed by atoms with E-state index in [9.17, 15) is 9.59 Å². The molecule has 3 heterocycles. The minimum Gasteiger partial charge on any atom is -0.423 e. The molecule has 0 radical (unpaired) electrons. The average Bonchev–Trinajstić information content (AvgIpc) is 3.42. The fraction of sp³-hybridized carbons (Fsp3) is 0.316. The van der Waals surface area contributed by atoms with E-state index in [1.54, 1.807) is 11.0 Å². The standard InChI is InChI=1S/C19H19ClN6O3/c1-13(27)17-4-5-26(23-17)19(28)25-8-6-24(7-9-25)11-14-2-3-15(20)10-16(14)18-22-21-12-29-18/h2-5,10,12H,6-9,11H2,1H3. The van der Waals surface area contributed by atoms with Crippen molar-refractivity contribution in [3.8, 4) is 11.5 Å². The largest absolute Gasteiger partial charge is 0.423 e. The van der Waals surface area contributed by atoms with Crippen molar-refractivity contribution in [2.45, 2.75) is 13.5 Å². The van der Waals surface area contributed by atoms with Gasteiger partial charge in [-0.15, -0.1) is 10.2 Å². The van der Waals surface area contributed by atoms with Crippen LogP contribution in [0.4, 0.5) is 4.79 Å². The molecule has 0 N–H and O–H groups in total. The zero-order chi connectivity index (χ0) is 20.4. The van der Waals surface area contributed by atoms with Crippen LogP contribution in [0.15, 0.2) is 41.3 Å². The summed E-state index contributed by atoms with van der Waals surface area (Å²) in [5.74, 6) is 0.262. The molecule has 29 heavy (non-hydrogen) atoms. The minimum absolute atomic E-state index is 0.165. The van der Waals surface area contributed by atoms with E-state index in [1.807, 2.05) is 18.2 Å². The molecule has 0 unspecified atom stereocenters. The molecule has 1 saturated heterocycles. The monoisotopic (exact) mass is 414 g/mol. The molecule has 2 aromatic heterocycles. The van der Waals surface area contributed by atoms with Gasteiger partial charge in [0.05, 0.1) is 0 Å². The van der Waals surface area contributed by atoms with Gasteiger partial charge in [0.2, 0.25) is 12.3 Å². The van der Waals surface area contributed by atoms with Crippen molar-refractivity contribution in [3.05, 3.63) is 53.1 Å². The normalized spacial score (nSPS) is 14.9. The van der Waals surface area contributed by atoms with E-state index in [0.717, 1.165) is 11.1 Å². The van der Waals surface area contributed by atoms with Gasteiger partial charge in [-0.2, -0.15) is 9.78 Å². The number of hydrogen-bond acceptors (Lipinski definition) is 7. The molecule has 0 spiro atoms. The summed E-state index contributed by atoms with van der Waals surface area (Å²) in [7, 11) is 0. The Morgan fingerprint density at radius 2 is 1.97 bits per heavy atom. The summed E-state index contributed by atoms with van der Waals surface area (Å²) < 4.78 is 6.56. The van der Waals surface area contributed by atoms with Gasteiger partial charge in [-0.05, 0) is 23.8 Å². The second kappa shape index (κ2) is 8.14. The number of piperazine rings is 1. The molecule has 4 rings (SSSR count). The Morgan fingerprint density at radius 1 is 1.17 bits per heavy atom. The van der Waals surface area contributed by atoms with Gasteiger partial charge >= 0.3 is 6.03 Å². The second-order valence-electron chi connectivity index (χ2n) is 6.79. The van der Waals surface area contributed by atoms with Gasteiger partial charge in [0.25, 0.3) is 0 Å². The van der Waals surface area contributed by atoms with Gasteiger partial charge in [0.15, 0.2) is 5.78 Å². The summed E-state index contributed by atoms with van der Waals surface area (Å²) in [6, 6.07) is 6.92. The highest BCUT2D eigenvalue weighted by Gasteiger charge is 2.24. The molecule has 3 aromatic rings. The molecule has 1 aromatic carbocycles. The number of nitrogens with zero attached hydrogens (tertiary/aromatic N) is 6. The Kier molecular flexibility index (Phi) is 5.41. The average molecular weight is 415 g/mol. The van der Waals surface area contributed by atoms with E-state index in [-0.39, 0.29) is 17.5 Å². The Balaban J connectivity index is 1.40. The number of benzene rings is 1. The topological polar surface area (TPSA) is 97.4 Å². The molecule has 1 amide bonds. The van der Waals surface area contributed by atoms with Crippen molar-refractivity contribution in [1.82, 2.24) is 29.8 Å². The SMILES string of the molecule is CC(=O)c1ccn(C(=O)N2CCN(Cc3ccc(Cl)cc3-c3nnco3)CC2)n1. The number of halogens is 1. The van der Waals surface area contributed by atoms with E-state index in [2.05, 4.69) is 20.2 Å². The maximum Gasteiger partial charge on any atom is 0.344 e. The number of ketones is 1. The smallest absolute Gasteiger partial charge is 0.344 e. The van der Waals surface area contributed by atoms with Gasteiger partial charge < -0.3 is 9.32 Å². The first-order valence-corrected chi connectivity index (χ1v) is 9.52. The fourth-order valence-corrected chi connectivity index (χ4v) is 3.45. The van der Waals surface area contributed by atoms with Gasteiger partial charge in [-0.3, -0.25) is 9.69 Å². The lowest BCUT2D eigenvalue weighted by molar-refractivity contribution is 0.101. The lowest BCUT2D eigenvalue weighted by atomic mass is 10.1. The third-order valence-corrected chi connectivity index (χ3v) is 5.08. The number of aromatic nitrogens is 4. The Labute approximate surface area is 171 Å². The van der Waals surface area contributed by atoms with Crippen LogP contribution in [-0.4, -0.2) is 67.8 Å². The van der Waals surface area contributed by atoms with Crippen LogP contribution in [-0.2, 0) is 6.54 Å². The predicted molar refractivity (Wildman–Crippen MR) is 105 cm³/mol. The summed E-state index contributed by atoms with van der Waals surface area (Å²) in [5, 5.41) is 12.4. The lowest BCUT2D eigenvalue weighted by Gasteiger charge is -2.34. The molecule has 0 atom stereocenters. The van der Waals surface area contributed by atoms with E-state index >= 15 is 0 Å². The number of rotatable bonds is 4. The zero-order valence-electron chi connectivity index (χ0n) is 15.8. The second-order valence-corrected chi connectivity index (χ2v) is 7.23. The van der Waals surface area contributed by atoms with Crippen LogP contribution < -0.4 is 0 Å². The lowest BCUT2D eigenvalue weighted by Crippen LogP contribution is -2.49. The van der Waals surface area contributed by atoms with E-state index in [1.165, 1.54) is 24.2 Å². The van der Waals surface area contributed by atoms with Crippen LogP contribution in [0.3, 0.4) is 0 Å². The van der Waals surface area contributed by atoms with E-state index in [4.69, 9.17) is 16.0 Å². The number of Topliss-reactive ketones (excluding diaryl/α,β-unsaturated/α-hetero) is 1. The van der Waals surface area contributed by atoms with Crippen LogP contribution >= 0.6 is 11.6 Å². The molecule has 9 nitrogen and oxygen atoms in total. The molecule has 0 aliphatic carbocycles. The van der Waals surface area contributed by atoms with Gasteiger partial charge in [-0.1, -0.05) is 17.7 Å². The number of carbonyl (C=O) groups excluding carboxylic acids is 2. The quantitative estimate of drug-likeness (QED) is 0.605. The predicted octanol–water partition coefficient (Wildman–Crippen LogP) is 2.58. The summed E-state index contributed by atoms with van der Waals surface area (Å²) in [6.07, 6.45) is 2.81. The summed E-state index contributed by atoms with van der Waals surface area (Å²) in [6.45, 7) is 4.65. The molecule has 1 aliphatic heterocycles. The van der Waals surface area contributed by atoms with Crippen molar-refractivity contribution < 1.29 is 14.0 Å². The third kappa shape index (κ3) is 4.20. The first-order valence-electron chi connectivity index (χ1n) is 9.14. The number of hydrogen-bond donors (Lipinski definition) is 0. The Hall–Kier alpha value is -3.04. The van der Waals surface area contributed by atoms with Crippen LogP contribution in [0.2, 0.25) is 5.02 Å². The van der Waals surface area contributed by atoms with Crippen LogP contribution in [0.1, 0.15) is 23.0 Å². The molecule has 10 heteroatoms. The summed E-state index contributed by atoms with van der Waals surface area (Å²) in [4.78, 5) is 28.0. The first kappa shape index (κ1) is 19.3. The fourth-order valence-electron chi connectivity index (χ4n) is 3.28. The molecule has 150 valence electrons. The molecule has 1 fully saturated rings. The van der Waals surface area contributed by atoms with E-state index < -0.39 is 0 Å². The maximum atomic E-state index is 12.6. The van der Waals surface area contributed by atoms with Crippen molar-refractivity contribution in [2.24, 2.45) is 0 Å². The van der Waals surface area contributed by atoms with Crippen LogP contribution in [0.5, 0.6) is 0 Å². The minimum atomic E-state index is -0.227. The summed E-state index contributed by atoms with van der Waals surface area (Å²) >= 11 is 6.13. The molecular weight excluding hydrogens is 396 g/mol. The van der Waals surface area contributed by atoms with Crippen molar-refractivity contribution >= 4 is 23.4 Å².